The van der Waals surface area contributed by atoms with Gasteiger partial charge in [0.25, 0.3) is 5.56 Å². The molecule has 0 atom stereocenters. The Bertz CT molecular complexity index is 1240. The number of nitrogens with zero attached hydrogens (tertiary/aromatic N) is 4. The van der Waals surface area contributed by atoms with Gasteiger partial charge in [-0.25, -0.2) is 14.0 Å². The van der Waals surface area contributed by atoms with Crippen molar-refractivity contribution in [2.24, 2.45) is 0 Å². The zero-order chi connectivity index (χ0) is 19.8. The number of aromatic carboxylic acids is 1. The molecule has 4 rings (SSSR count). The highest BCUT2D eigenvalue weighted by Crippen LogP contribution is 2.34. The van der Waals surface area contributed by atoms with Crippen LogP contribution in [-0.2, 0) is 0 Å². The largest absolute Gasteiger partial charge is 0.478 e. The monoisotopic (exact) mass is 374 g/mol. The first-order valence-electron chi connectivity index (χ1n) is 8.87. The summed E-state index contributed by atoms with van der Waals surface area (Å²) in [5, 5.41) is 18.5. The molecule has 3 aromatic heterocycles. The minimum absolute atomic E-state index is 0.0897. The van der Waals surface area contributed by atoms with E-state index < -0.39 is 5.97 Å². The van der Waals surface area contributed by atoms with Crippen molar-refractivity contribution in [3.8, 4) is 22.5 Å². The third kappa shape index (κ3) is 2.96. The molecule has 0 unspecified atom stereocenters. The van der Waals surface area contributed by atoms with E-state index in [1.54, 1.807) is 16.6 Å². The van der Waals surface area contributed by atoms with Crippen LogP contribution in [0, 0.1) is 0 Å². The quantitative estimate of drug-likeness (QED) is 0.590. The Labute approximate surface area is 160 Å². The van der Waals surface area contributed by atoms with Crippen LogP contribution in [0.3, 0.4) is 0 Å². The van der Waals surface area contributed by atoms with E-state index in [-0.39, 0.29) is 17.2 Å². The van der Waals surface area contributed by atoms with E-state index in [9.17, 15) is 14.7 Å². The fourth-order valence-electron chi connectivity index (χ4n) is 3.15. The smallest absolute Gasteiger partial charge is 0.337 e. The van der Waals surface area contributed by atoms with Crippen molar-refractivity contribution in [2.45, 2.75) is 19.9 Å². The normalized spacial score (nSPS) is 11.2. The van der Waals surface area contributed by atoms with Crippen molar-refractivity contribution in [3.63, 3.8) is 0 Å². The minimum atomic E-state index is -1.02. The van der Waals surface area contributed by atoms with Crippen LogP contribution in [0.1, 0.15) is 30.2 Å². The molecule has 0 aliphatic heterocycles. The van der Waals surface area contributed by atoms with E-state index >= 15 is 0 Å². The summed E-state index contributed by atoms with van der Waals surface area (Å²) in [5.74, 6) is -1.02. The number of rotatable bonds is 4. The molecule has 140 valence electrons. The molecule has 28 heavy (non-hydrogen) atoms. The molecule has 0 saturated heterocycles. The second kappa shape index (κ2) is 6.77. The van der Waals surface area contributed by atoms with Crippen LogP contribution in [0.15, 0.2) is 65.6 Å². The average Bonchev–Trinajstić information content (AvgIpc) is 3.07. The highest BCUT2D eigenvalue weighted by Gasteiger charge is 2.19. The molecule has 0 spiro atoms. The summed E-state index contributed by atoms with van der Waals surface area (Å²) in [7, 11) is 0. The first-order valence-corrected chi connectivity index (χ1v) is 8.87. The zero-order valence-electron chi connectivity index (χ0n) is 15.4. The van der Waals surface area contributed by atoms with Gasteiger partial charge in [-0.1, -0.05) is 30.3 Å². The van der Waals surface area contributed by atoms with Crippen LogP contribution < -0.4 is 5.56 Å². The maximum Gasteiger partial charge on any atom is 0.337 e. The molecule has 0 fully saturated rings. The summed E-state index contributed by atoms with van der Waals surface area (Å²) in [5.41, 5.74) is 3.57. The van der Waals surface area contributed by atoms with Gasteiger partial charge in [0.1, 0.15) is 5.69 Å². The number of benzene rings is 1. The molecule has 7 nitrogen and oxygen atoms in total. The number of carboxylic acids is 1. The van der Waals surface area contributed by atoms with Gasteiger partial charge in [0, 0.05) is 17.8 Å². The van der Waals surface area contributed by atoms with Crippen molar-refractivity contribution < 1.29 is 9.90 Å². The van der Waals surface area contributed by atoms with Crippen molar-refractivity contribution in [1.29, 1.82) is 0 Å². The van der Waals surface area contributed by atoms with Gasteiger partial charge < -0.3 is 5.11 Å². The van der Waals surface area contributed by atoms with Crippen LogP contribution in [0.25, 0.3) is 28.0 Å². The van der Waals surface area contributed by atoms with Gasteiger partial charge in [-0.05, 0) is 32.0 Å². The molecular weight excluding hydrogens is 356 g/mol. The Kier molecular flexibility index (Phi) is 4.27. The van der Waals surface area contributed by atoms with Crippen LogP contribution in [-0.4, -0.2) is 30.5 Å². The molecule has 0 amide bonds. The Morgan fingerprint density at radius 2 is 1.75 bits per heavy atom. The molecule has 0 aliphatic carbocycles. The average molecular weight is 374 g/mol. The maximum absolute atomic E-state index is 12.1. The summed E-state index contributed by atoms with van der Waals surface area (Å²) >= 11 is 0. The molecular formula is C21H18N4O3. The van der Waals surface area contributed by atoms with Gasteiger partial charge in [0.15, 0.2) is 0 Å². The zero-order valence-corrected chi connectivity index (χ0v) is 15.4. The Hall–Kier alpha value is -3.74. The topological polar surface area (TPSA) is 89.5 Å². The number of hydrogen-bond donors (Lipinski definition) is 1. The number of hydrogen-bond acceptors (Lipinski definition) is 4. The molecule has 1 N–H and O–H groups in total. The van der Waals surface area contributed by atoms with Gasteiger partial charge >= 0.3 is 5.97 Å². The van der Waals surface area contributed by atoms with E-state index in [1.807, 2.05) is 44.2 Å². The number of fused-ring (bicyclic) bond motifs is 1. The van der Waals surface area contributed by atoms with E-state index in [0.717, 1.165) is 11.1 Å². The molecule has 0 aliphatic rings. The summed E-state index contributed by atoms with van der Waals surface area (Å²) in [6.45, 7) is 3.79. The summed E-state index contributed by atoms with van der Waals surface area (Å²) < 4.78 is 2.98. The van der Waals surface area contributed by atoms with Crippen molar-refractivity contribution in [1.82, 2.24) is 19.4 Å². The lowest BCUT2D eigenvalue weighted by molar-refractivity contribution is 0.0696. The van der Waals surface area contributed by atoms with E-state index in [2.05, 4.69) is 10.2 Å². The fraction of sp³-hybridized carbons (Fsp3) is 0.143. The third-order valence-corrected chi connectivity index (χ3v) is 4.49. The summed E-state index contributed by atoms with van der Waals surface area (Å²) in [6.07, 6.45) is 1.48. The van der Waals surface area contributed by atoms with E-state index in [1.165, 1.54) is 23.0 Å². The standard InChI is InChI=1S/C21H18N4O3/c1-13(2)25-18(26)11-9-16(22-25)19-17-10-8-15(21(27)28)12-24(17)23-20(19)14-6-4-3-5-7-14/h3-13H,1-2H3,(H,27,28). The van der Waals surface area contributed by atoms with Crippen LogP contribution in [0.2, 0.25) is 0 Å². The van der Waals surface area contributed by atoms with E-state index in [0.29, 0.717) is 16.9 Å². The number of aromatic nitrogens is 4. The van der Waals surface area contributed by atoms with Crippen molar-refractivity contribution in [3.05, 3.63) is 76.7 Å². The lowest BCUT2D eigenvalue weighted by Gasteiger charge is -2.10. The number of pyridine rings is 1. The maximum atomic E-state index is 12.1. The second-order valence-corrected chi connectivity index (χ2v) is 6.74. The Balaban J connectivity index is 2.04. The molecule has 7 heteroatoms. The highest BCUT2D eigenvalue weighted by molar-refractivity contribution is 5.93. The summed E-state index contributed by atoms with van der Waals surface area (Å²) in [4.78, 5) is 23.5. The number of carboxylic acid groups (broad SMARTS) is 1. The molecule has 0 saturated carbocycles. The summed E-state index contributed by atoms with van der Waals surface area (Å²) in [6, 6.07) is 15.9. The first kappa shape index (κ1) is 17.7. The van der Waals surface area contributed by atoms with Crippen LogP contribution in [0.4, 0.5) is 0 Å². The van der Waals surface area contributed by atoms with Gasteiger partial charge in [-0.3, -0.25) is 4.79 Å². The fourth-order valence-corrected chi connectivity index (χ4v) is 3.15. The van der Waals surface area contributed by atoms with Crippen LogP contribution >= 0.6 is 0 Å². The molecule has 1 aromatic carbocycles. The van der Waals surface area contributed by atoms with Gasteiger partial charge in [-0.2, -0.15) is 10.2 Å². The second-order valence-electron chi connectivity index (χ2n) is 6.74. The molecule has 0 radical (unpaired) electrons. The Morgan fingerprint density at radius 3 is 2.43 bits per heavy atom. The molecule has 4 aromatic rings. The van der Waals surface area contributed by atoms with Gasteiger partial charge in [0.05, 0.1) is 28.4 Å². The van der Waals surface area contributed by atoms with Crippen molar-refractivity contribution >= 4 is 11.5 Å². The van der Waals surface area contributed by atoms with Crippen LogP contribution in [0.5, 0.6) is 0 Å². The van der Waals surface area contributed by atoms with E-state index in [4.69, 9.17) is 0 Å². The third-order valence-electron chi connectivity index (χ3n) is 4.49. The highest BCUT2D eigenvalue weighted by atomic mass is 16.4. The SMILES string of the molecule is CC(C)n1nc(-c2c(-c3ccccc3)nn3cc(C(=O)O)ccc23)ccc1=O. The van der Waals surface area contributed by atoms with Gasteiger partial charge in [-0.15, -0.1) is 0 Å². The predicted molar refractivity (Wildman–Crippen MR) is 105 cm³/mol. The number of carbonyl (C=O) groups is 1. The Morgan fingerprint density at radius 1 is 1.00 bits per heavy atom. The first-order chi connectivity index (χ1) is 13.5. The lowest BCUT2D eigenvalue weighted by atomic mass is 10.0. The van der Waals surface area contributed by atoms with Crippen molar-refractivity contribution in [2.75, 3.05) is 0 Å². The molecule has 0 bridgehead atoms. The lowest BCUT2D eigenvalue weighted by Crippen LogP contribution is -2.23. The minimum Gasteiger partial charge on any atom is -0.478 e. The predicted octanol–water partition coefficient (Wildman–Crippen LogP) is 3.50. The van der Waals surface area contributed by atoms with Gasteiger partial charge in [0.2, 0.25) is 0 Å². The molecule has 3 heterocycles.